The van der Waals surface area contributed by atoms with E-state index in [-0.39, 0.29) is 12.5 Å². The Morgan fingerprint density at radius 1 is 1.15 bits per heavy atom. The standard InChI is InChI=1S/C20H16BrN3O3/c1-20(14-8-5-9-15(21)10-14)18(25)24(19(26)23-20)12-17-22-11-16(27-17)13-6-3-2-4-7-13/h2-11H,12H2,1H3,(H,23,26). The summed E-state index contributed by atoms with van der Waals surface area (Å²) in [4.78, 5) is 30.8. The molecule has 0 radical (unpaired) electrons. The molecule has 4 rings (SSSR count). The number of aromatic nitrogens is 1. The lowest BCUT2D eigenvalue weighted by atomic mass is 9.92. The van der Waals surface area contributed by atoms with Crippen molar-refractivity contribution in [2.45, 2.75) is 19.0 Å². The molecule has 27 heavy (non-hydrogen) atoms. The third-order valence-corrected chi connectivity index (χ3v) is 5.08. The zero-order chi connectivity index (χ0) is 19.0. The van der Waals surface area contributed by atoms with Crippen LogP contribution in [0.25, 0.3) is 11.3 Å². The minimum Gasteiger partial charge on any atom is -0.439 e. The average molecular weight is 426 g/mol. The molecule has 3 amide bonds. The van der Waals surface area contributed by atoms with E-state index in [0.717, 1.165) is 14.9 Å². The first kappa shape index (κ1) is 17.5. The Kier molecular flexibility index (Phi) is 4.31. The van der Waals surface area contributed by atoms with Gasteiger partial charge >= 0.3 is 6.03 Å². The summed E-state index contributed by atoms with van der Waals surface area (Å²) in [5.74, 6) is 0.549. The second-order valence-corrected chi connectivity index (χ2v) is 7.36. The van der Waals surface area contributed by atoms with E-state index < -0.39 is 11.6 Å². The molecule has 1 unspecified atom stereocenters. The van der Waals surface area contributed by atoms with Gasteiger partial charge in [0.15, 0.2) is 5.76 Å². The lowest BCUT2D eigenvalue weighted by molar-refractivity contribution is -0.131. The summed E-state index contributed by atoms with van der Waals surface area (Å²) in [5, 5.41) is 2.78. The number of rotatable bonds is 4. The number of oxazole rings is 1. The van der Waals surface area contributed by atoms with Crippen LogP contribution < -0.4 is 5.32 Å². The lowest BCUT2D eigenvalue weighted by Crippen LogP contribution is -2.40. The molecule has 1 saturated heterocycles. The highest BCUT2D eigenvalue weighted by atomic mass is 79.9. The molecule has 7 heteroatoms. The van der Waals surface area contributed by atoms with Gasteiger partial charge in [-0.15, -0.1) is 0 Å². The van der Waals surface area contributed by atoms with Gasteiger partial charge in [0.05, 0.1) is 6.20 Å². The summed E-state index contributed by atoms with van der Waals surface area (Å²) in [6, 6.07) is 16.4. The molecule has 136 valence electrons. The summed E-state index contributed by atoms with van der Waals surface area (Å²) < 4.78 is 6.56. The number of hydrogen-bond donors (Lipinski definition) is 1. The van der Waals surface area contributed by atoms with E-state index in [1.165, 1.54) is 0 Å². The van der Waals surface area contributed by atoms with E-state index in [0.29, 0.717) is 17.2 Å². The third kappa shape index (κ3) is 3.14. The van der Waals surface area contributed by atoms with Gasteiger partial charge < -0.3 is 9.73 Å². The molecule has 0 aliphatic carbocycles. The van der Waals surface area contributed by atoms with Crippen molar-refractivity contribution in [2.24, 2.45) is 0 Å². The van der Waals surface area contributed by atoms with E-state index in [9.17, 15) is 9.59 Å². The van der Waals surface area contributed by atoms with Crippen molar-refractivity contribution in [1.29, 1.82) is 0 Å². The van der Waals surface area contributed by atoms with Gasteiger partial charge in [-0.05, 0) is 24.6 Å². The zero-order valence-corrected chi connectivity index (χ0v) is 16.1. The van der Waals surface area contributed by atoms with Crippen LogP contribution in [0.1, 0.15) is 18.4 Å². The number of hydrogen-bond acceptors (Lipinski definition) is 4. The molecular weight excluding hydrogens is 410 g/mol. The summed E-state index contributed by atoms with van der Waals surface area (Å²) >= 11 is 3.40. The largest absolute Gasteiger partial charge is 0.439 e. The fraction of sp³-hybridized carbons (Fsp3) is 0.150. The highest BCUT2D eigenvalue weighted by molar-refractivity contribution is 9.10. The minimum absolute atomic E-state index is 0.0267. The van der Waals surface area contributed by atoms with Gasteiger partial charge in [0, 0.05) is 10.0 Å². The Labute approximate surface area is 164 Å². The SMILES string of the molecule is CC1(c2cccc(Br)c2)NC(=O)N(Cc2ncc(-c3ccccc3)o2)C1=O. The first-order chi connectivity index (χ1) is 13.0. The van der Waals surface area contributed by atoms with Crippen molar-refractivity contribution in [3.05, 3.63) is 76.7 Å². The van der Waals surface area contributed by atoms with E-state index in [4.69, 9.17) is 4.42 Å². The predicted molar refractivity (Wildman–Crippen MR) is 103 cm³/mol. The molecule has 1 atom stereocenters. The Balaban J connectivity index is 1.58. The van der Waals surface area contributed by atoms with Crippen molar-refractivity contribution in [2.75, 3.05) is 0 Å². The van der Waals surface area contributed by atoms with Crippen LogP contribution in [0.4, 0.5) is 4.79 Å². The summed E-state index contributed by atoms with van der Waals surface area (Å²) in [6.45, 7) is 1.67. The highest BCUT2D eigenvalue weighted by Crippen LogP contribution is 2.31. The maximum atomic E-state index is 13.0. The number of carbonyl (C=O) groups is 2. The topological polar surface area (TPSA) is 75.4 Å². The predicted octanol–water partition coefficient (Wildman–Crippen LogP) is 4.07. The van der Waals surface area contributed by atoms with Gasteiger partial charge in [0.1, 0.15) is 12.1 Å². The summed E-state index contributed by atoms with van der Waals surface area (Å²) in [7, 11) is 0. The maximum Gasteiger partial charge on any atom is 0.325 e. The van der Waals surface area contributed by atoms with Crippen molar-refractivity contribution < 1.29 is 14.0 Å². The second-order valence-electron chi connectivity index (χ2n) is 6.44. The Hall–Kier alpha value is -2.93. The molecule has 0 spiro atoms. The second kappa shape index (κ2) is 6.66. The Bertz CT molecular complexity index is 1020. The van der Waals surface area contributed by atoms with Gasteiger partial charge in [0.25, 0.3) is 5.91 Å². The quantitative estimate of drug-likeness (QED) is 0.639. The van der Waals surface area contributed by atoms with Gasteiger partial charge in [-0.25, -0.2) is 9.78 Å². The molecular formula is C20H16BrN3O3. The monoisotopic (exact) mass is 425 g/mol. The van der Waals surface area contributed by atoms with Crippen molar-refractivity contribution in [3.63, 3.8) is 0 Å². The molecule has 1 fully saturated rings. The van der Waals surface area contributed by atoms with E-state index >= 15 is 0 Å². The molecule has 1 aliphatic heterocycles. The minimum atomic E-state index is -1.13. The van der Waals surface area contributed by atoms with Gasteiger partial charge in [-0.2, -0.15) is 0 Å². The van der Waals surface area contributed by atoms with Crippen LogP contribution in [0.3, 0.4) is 0 Å². The third-order valence-electron chi connectivity index (χ3n) is 4.58. The molecule has 1 aliphatic rings. The summed E-state index contributed by atoms with van der Waals surface area (Å²) in [5.41, 5.74) is 0.456. The zero-order valence-electron chi connectivity index (χ0n) is 14.5. The normalized spacial score (nSPS) is 19.4. The molecule has 6 nitrogen and oxygen atoms in total. The van der Waals surface area contributed by atoms with Gasteiger partial charge in [0.2, 0.25) is 5.89 Å². The molecule has 1 aromatic heterocycles. The first-order valence-corrected chi connectivity index (χ1v) is 9.17. The van der Waals surface area contributed by atoms with Gasteiger partial charge in [-0.1, -0.05) is 58.4 Å². The van der Waals surface area contributed by atoms with Crippen molar-refractivity contribution in [3.8, 4) is 11.3 Å². The Morgan fingerprint density at radius 2 is 1.93 bits per heavy atom. The van der Waals surface area contributed by atoms with Crippen molar-refractivity contribution >= 4 is 27.9 Å². The molecule has 1 N–H and O–H groups in total. The molecule has 2 heterocycles. The number of nitrogens with zero attached hydrogens (tertiary/aromatic N) is 2. The number of urea groups is 1. The number of amides is 3. The van der Waals surface area contributed by atoms with Crippen LogP contribution in [0.2, 0.25) is 0 Å². The number of benzene rings is 2. The van der Waals surface area contributed by atoms with Crippen LogP contribution in [0.15, 0.2) is 69.7 Å². The summed E-state index contributed by atoms with van der Waals surface area (Å²) in [6.07, 6.45) is 1.59. The van der Waals surface area contributed by atoms with E-state index in [1.54, 1.807) is 13.1 Å². The lowest BCUT2D eigenvalue weighted by Gasteiger charge is -2.22. The molecule has 0 saturated carbocycles. The smallest absolute Gasteiger partial charge is 0.325 e. The van der Waals surface area contributed by atoms with Crippen LogP contribution in [-0.2, 0) is 16.9 Å². The van der Waals surface area contributed by atoms with Crippen LogP contribution in [-0.4, -0.2) is 21.8 Å². The van der Waals surface area contributed by atoms with Crippen LogP contribution in [0, 0.1) is 0 Å². The van der Waals surface area contributed by atoms with Crippen LogP contribution >= 0.6 is 15.9 Å². The fourth-order valence-corrected chi connectivity index (χ4v) is 3.49. The average Bonchev–Trinajstić information content (AvgIpc) is 3.22. The number of halogens is 1. The molecule has 0 bridgehead atoms. The number of nitrogens with one attached hydrogen (secondary N) is 1. The number of carbonyl (C=O) groups excluding carboxylic acids is 2. The Morgan fingerprint density at radius 3 is 2.67 bits per heavy atom. The molecule has 3 aromatic rings. The van der Waals surface area contributed by atoms with Gasteiger partial charge in [-0.3, -0.25) is 9.69 Å². The van der Waals surface area contributed by atoms with Crippen molar-refractivity contribution in [1.82, 2.24) is 15.2 Å². The van der Waals surface area contributed by atoms with E-state index in [1.807, 2.05) is 54.6 Å². The maximum absolute atomic E-state index is 13.0. The fourth-order valence-electron chi connectivity index (χ4n) is 3.09. The number of imide groups is 1. The first-order valence-electron chi connectivity index (χ1n) is 8.38. The highest BCUT2D eigenvalue weighted by Gasteiger charge is 2.49. The molecule has 2 aromatic carbocycles. The van der Waals surface area contributed by atoms with Crippen LogP contribution in [0.5, 0.6) is 0 Å². The van der Waals surface area contributed by atoms with E-state index in [2.05, 4.69) is 26.2 Å².